The van der Waals surface area contributed by atoms with Crippen LogP contribution < -0.4 is 16.5 Å². The van der Waals surface area contributed by atoms with Crippen LogP contribution in [0.5, 0.6) is 0 Å². The van der Waals surface area contributed by atoms with Gasteiger partial charge in [0.05, 0.1) is 6.54 Å². The lowest BCUT2D eigenvalue weighted by molar-refractivity contribution is -0.444. The molecule has 0 saturated carbocycles. The van der Waals surface area contributed by atoms with Crippen LogP contribution in [-0.4, -0.2) is 89.4 Å². The van der Waals surface area contributed by atoms with Gasteiger partial charge in [0.15, 0.2) is 0 Å². The molecule has 1 rings (SSSR count). The van der Waals surface area contributed by atoms with Crippen molar-refractivity contribution >= 4 is 24.2 Å². The van der Waals surface area contributed by atoms with Crippen LogP contribution in [0.25, 0.3) is 0 Å². The number of nitrogens with two attached hydrogens (primary N) is 1. The largest absolute Gasteiger partial charge is 0.489 e. The summed E-state index contributed by atoms with van der Waals surface area (Å²) in [5, 5.41) is 19.4. The maximum absolute atomic E-state index is 15.2. The molecule has 302 valence electrons. The first-order valence-electron chi connectivity index (χ1n) is 11.8. The highest BCUT2D eigenvalue weighted by Gasteiger charge is 2.93. The van der Waals surface area contributed by atoms with Crippen LogP contribution in [0, 0.1) is 0 Å². The minimum atomic E-state index is -9.08. The van der Waals surface area contributed by atoms with Crippen molar-refractivity contribution in [2.45, 2.75) is 71.6 Å². The minimum absolute atomic E-state index is 0.879. The van der Waals surface area contributed by atoms with Gasteiger partial charge in [-0.25, -0.2) is 0 Å². The van der Waals surface area contributed by atoms with E-state index in [0.29, 0.717) is 0 Å². The minimum Gasteiger partial charge on any atom is -0.423 e. The molecule has 0 heterocycles. The molecule has 0 unspecified atom stereocenters. The Morgan fingerprint density at radius 3 is 1.12 bits per heavy atom. The average Bonchev–Trinajstić information content (AvgIpc) is 2.94. The Bertz CT molecular complexity index is 1500. The number of halogens is 26. The third kappa shape index (κ3) is 6.31. The zero-order chi connectivity index (χ0) is 42.3. The van der Waals surface area contributed by atoms with E-state index in [0.717, 1.165) is 5.32 Å². The highest BCUT2D eigenvalue weighted by molar-refractivity contribution is 6.59. The van der Waals surface area contributed by atoms with Gasteiger partial charge >= 0.3 is 78.7 Å². The lowest BCUT2D eigenvalue weighted by Gasteiger charge is -2.42. The first-order valence-corrected chi connectivity index (χ1v) is 11.8. The summed E-state index contributed by atoms with van der Waals surface area (Å²) in [5.74, 6) is -89.8. The number of hydrogen-bond donors (Lipinski definition) is 4. The summed E-state index contributed by atoms with van der Waals surface area (Å²) in [6.07, 6.45) is -16.3. The Morgan fingerprint density at radius 1 is 0.519 bits per heavy atom. The van der Waals surface area contributed by atoms with E-state index in [1.165, 1.54) is 0 Å². The van der Waals surface area contributed by atoms with E-state index in [1.807, 2.05) is 0 Å². The second-order valence-electron chi connectivity index (χ2n) is 9.85. The number of rotatable bonds is 13. The second kappa shape index (κ2) is 12.7. The second-order valence-corrected chi connectivity index (χ2v) is 9.85. The molecule has 1 aromatic carbocycles. The number of carbonyl (C=O) groups excluding carboxylic acids is 1. The van der Waals surface area contributed by atoms with Crippen molar-refractivity contribution in [2.75, 3.05) is 11.9 Å². The van der Waals surface area contributed by atoms with E-state index in [1.54, 1.807) is 0 Å². The molecule has 0 radical (unpaired) electrons. The predicted molar refractivity (Wildman–Crippen MR) is 113 cm³/mol. The summed E-state index contributed by atoms with van der Waals surface area (Å²) in [7, 11) is -4.52. The molecule has 0 atom stereocenters. The van der Waals surface area contributed by atoms with Crippen molar-refractivity contribution < 1.29 is 129 Å². The van der Waals surface area contributed by atoms with E-state index in [9.17, 15) is 111 Å². The molecule has 52 heavy (non-hydrogen) atoms. The summed E-state index contributed by atoms with van der Waals surface area (Å²) < 4.78 is 358. The maximum atomic E-state index is 15.2. The Labute approximate surface area is 266 Å². The average molecular weight is 830 g/mol. The van der Waals surface area contributed by atoms with Gasteiger partial charge < -0.3 is 21.1 Å². The molecule has 0 aliphatic heterocycles. The van der Waals surface area contributed by atoms with Gasteiger partial charge in [0.25, 0.3) is 0 Å². The molecule has 0 bridgehead atoms. The van der Waals surface area contributed by atoms with Gasteiger partial charge in [-0.2, -0.15) is 114 Å². The maximum Gasteiger partial charge on any atom is 0.489 e. The first kappa shape index (κ1) is 46.8. The van der Waals surface area contributed by atoms with Gasteiger partial charge in [-0.05, 0) is 17.6 Å². The number of anilines is 1. The summed E-state index contributed by atoms with van der Waals surface area (Å²) in [4.78, 5) is 11.5. The molecular weight excluding hydrogens is 821 g/mol. The molecule has 5 N–H and O–H groups in total. The zero-order valence-electron chi connectivity index (χ0n) is 23.1. The van der Waals surface area contributed by atoms with Crippen LogP contribution in [0.2, 0.25) is 0 Å². The normalized spacial score (nSPS) is 15.6. The van der Waals surface area contributed by atoms with Crippen molar-refractivity contribution in [3.05, 3.63) is 23.3 Å². The third-order valence-corrected chi connectivity index (χ3v) is 6.44. The molecule has 0 aromatic heterocycles. The molecule has 0 spiro atoms. The summed E-state index contributed by atoms with van der Waals surface area (Å²) >= 11 is 0. The van der Waals surface area contributed by atoms with Crippen molar-refractivity contribution in [1.29, 1.82) is 0 Å². The highest BCUT2D eigenvalue weighted by Crippen LogP contribution is 2.66. The van der Waals surface area contributed by atoms with E-state index >= 15 is 17.6 Å². The van der Waals surface area contributed by atoms with E-state index in [2.05, 4.69) is 5.73 Å². The fourth-order valence-corrected chi connectivity index (χ4v) is 3.62. The number of alkyl halides is 26. The lowest BCUT2D eigenvalue weighted by Crippen LogP contribution is -2.70. The fraction of sp³-hybridized carbons (Fsp3) is 0.650. The van der Waals surface area contributed by atoms with Crippen LogP contribution in [0.15, 0.2) is 12.1 Å². The van der Waals surface area contributed by atoms with Gasteiger partial charge in [0.2, 0.25) is 5.91 Å². The van der Waals surface area contributed by atoms with Crippen molar-refractivity contribution in [1.82, 2.24) is 0 Å². The zero-order valence-corrected chi connectivity index (χ0v) is 23.1. The molecule has 0 aliphatic rings. The molecule has 32 heteroatoms. The molecule has 1 amide bonds. The van der Waals surface area contributed by atoms with Gasteiger partial charge in [-0.1, -0.05) is 0 Å². The predicted octanol–water partition coefficient (Wildman–Crippen LogP) is 6.65. The lowest BCUT2D eigenvalue weighted by atomic mass is 9.70. The number of nitrogens with one attached hydrogen (secondary N) is 1. The summed E-state index contributed by atoms with van der Waals surface area (Å²) in [6, 6.07) is -2.69. The quantitative estimate of drug-likeness (QED) is 0.132. The van der Waals surface area contributed by atoms with Crippen LogP contribution >= 0.6 is 0 Å². The molecular formula is C20H9BF26N2O3. The molecule has 5 nitrogen and oxygen atoms in total. The summed E-state index contributed by atoms with van der Waals surface area (Å²) in [5.41, 5.74) is -10.3. The van der Waals surface area contributed by atoms with Gasteiger partial charge in [0.1, 0.15) is 0 Å². The van der Waals surface area contributed by atoms with Gasteiger partial charge in [0, 0.05) is 16.8 Å². The SMILES string of the molecule is NCC(=O)Nc1cc(B(O)O)c(C(F)(F)C(F)(F)C(F)(F)C(F)(F)C(F)(F)C(F)(F)F)c(C(F)(F)C(F)(F)C(F)(F)C(F)(F)C(F)(F)C(F)(F)F)c1. The number of carbonyl (C=O) groups is 1. The Morgan fingerprint density at radius 2 is 0.827 bits per heavy atom. The Balaban J connectivity index is 4.61. The monoisotopic (exact) mass is 830 g/mol. The van der Waals surface area contributed by atoms with Gasteiger partial charge in [-0.3, -0.25) is 4.79 Å². The van der Waals surface area contributed by atoms with Gasteiger partial charge in [-0.15, -0.1) is 0 Å². The molecule has 0 fully saturated rings. The molecule has 0 saturated heterocycles. The van der Waals surface area contributed by atoms with Crippen LogP contribution in [-0.2, 0) is 16.6 Å². The van der Waals surface area contributed by atoms with Crippen molar-refractivity contribution in [3.63, 3.8) is 0 Å². The summed E-state index contributed by atoms with van der Waals surface area (Å²) in [6.45, 7) is -1.53. The number of hydrogen-bond acceptors (Lipinski definition) is 4. The Kier molecular flexibility index (Phi) is 11.4. The standard InChI is InChI=1S/C20H9BF26N2O3/c22-9(23,11(26,27)13(30,31)15(34,35)17(38,39)19(42,43)44)5-1-4(49-7(50)3-48)2-6(21(51)52)8(5)10(24,25)12(28,29)14(32,33)16(36,37)18(40,41)20(45,46)47/h1-2,51-52H,3,48H2,(H,49,50). The smallest absolute Gasteiger partial charge is 0.423 e. The van der Waals surface area contributed by atoms with Crippen molar-refractivity contribution in [3.8, 4) is 0 Å². The molecule has 1 aromatic rings. The molecule has 0 aliphatic carbocycles. The fourth-order valence-electron chi connectivity index (χ4n) is 3.62. The first-order chi connectivity index (χ1) is 22.4. The van der Waals surface area contributed by atoms with E-state index < -0.39 is 126 Å². The van der Waals surface area contributed by atoms with Crippen LogP contribution in [0.3, 0.4) is 0 Å². The van der Waals surface area contributed by atoms with Crippen LogP contribution in [0.4, 0.5) is 120 Å². The topological polar surface area (TPSA) is 95.6 Å². The Hall–Kier alpha value is -3.19. The third-order valence-electron chi connectivity index (χ3n) is 6.44. The van der Waals surface area contributed by atoms with E-state index in [4.69, 9.17) is 0 Å². The number of amides is 1. The van der Waals surface area contributed by atoms with E-state index in [-0.39, 0.29) is 0 Å². The van der Waals surface area contributed by atoms with Crippen molar-refractivity contribution in [2.24, 2.45) is 5.73 Å². The van der Waals surface area contributed by atoms with Crippen LogP contribution in [0.1, 0.15) is 11.1 Å². The highest BCUT2D eigenvalue weighted by atomic mass is 19.4. The number of benzene rings is 1.